The molecule has 1 aromatic rings. The zero-order chi connectivity index (χ0) is 14.8. The lowest BCUT2D eigenvalue weighted by molar-refractivity contribution is -0.147. The summed E-state index contributed by atoms with van der Waals surface area (Å²) in [7, 11) is 0. The van der Waals surface area contributed by atoms with Crippen LogP contribution in [0.4, 0.5) is 4.39 Å². The number of hydrogen-bond donors (Lipinski definition) is 1. The van der Waals surface area contributed by atoms with Gasteiger partial charge in [-0.15, -0.1) is 0 Å². The fraction of sp³-hybridized carbons (Fsp3) is 0.533. The van der Waals surface area contributed by atoms with Gasteiger partial charge in [-0.05, 0) is 31.5 Å². The summed E-state index contributed by atoms with van der Waals surface area (Å²) in [4.78, 5) is 14.2. The Kier molecular flexibility index (Phi) is 4.40. The number of nitrogens with zero attached hydrogens (tertiary/aromatic N) is 1. The van der Waals surface area contributed by atoms with Crippen molar-refractivity contribution < 1.29 is 13.9 Å². The van der Waals surface area contributed by atoms with Gasteiger partial charge >= 0.3 is 0 Å². The Hall–Kier alpha value is -1.46. The van der Waals surface area contributed by atoms with E-state index in [1.54, 1.807) is 17.0 Å². The van der Waals surface area contributed by atoms with E-state index >= 15 is 0 Å². The van der Waals surface area contributed by atoms with Crippen LogP contribution >= 0.6 is 0 Å². The van der Waals surface area contributed by atoms with Crippen molar-refractivity contribution in [2.75, 3.05) is 26.2 Å². The zero-order valence-electron chi connectivity index (χ0n) is 11.9. The standard InChI is InChI=1S/C15H21FN2O2/c1-15(2,10-17)14(19)18-7-8-20-13(9-18)11-3-5-12(16)6-4-11/h3-6,13H,7-10,17H2,1-2H3. The van der Waals surface area contributed by atoms with E-state index in [-0.39, 0.29) is 17.8 Å². The van der Waals surface area contributed by atoms with Crippen LogP contribution in [0.1, 0.15) is 25.5 Å². The highest BCUT2D eigenvalue weighted by molar-refractivity contribution is 5.82. The molecule has 1 heterocycles. The Morgan fingerprint density at radius 1 is 1.45 bits per heavy atom. The van der Waals surface area contributed by atoms with E-state index in [4.69, 9.17) is 10.5 Å². The predicted molar refractivity (Wildman–Crippen MR) is 74.5 cm³/mol. The van der Waals surface area contributed by atoms with Crippen LogP contribution in [-0.4, -0.2) is 37.0 Å². The third kappa shape index (κ3) is 3.16. The molecule has 1 aromatic carbocycles. The normalized spacial score (nSPS) is 20.0. The molecule has 1 amide bonds. The number of morpholine rings is 1. The van der Waals surface area contributed by atoms with Crippen molar-refractivity contribution in [1.29, 1.82) is 0 Å². The van der Waals surface area contributed by atoms with Crippen molar-refractivity contribution in [1.82, 2.24) is 4.90 Å². The third-order valence-corrected chi connectivity index (χ3v) is 3.68. The van der Waals surface area contributed by atoms with E-state index in [2.05, 4.69) is 0 Å². The van der Waals surface area contributed by atoms with Crippen LogP contribution in [0.3, 0.4) is 0 Å². The molecule has 0 aliphatic carbocycles. The summed E-state index contributed by atoms with van der Waals surface area (Å²) in [5.74, 6) is -0.239. The number of halogens is 1. The topological polar surface area (TPSA) is 55.6 Å². The molecule has 0 spiro atoms. The largest absolute Gasteiger partial charge is 0.370 e. The number of benzene rings is 1. The predicted octanol–water partition coefficient (Wildman–Crippen LogP) is 1.71. The maximum absolute atomic E-state index is 12.9. The molecule has 4 nitrogen and oxygen atoms in total. The van der Waals surface area contributed by atoms with Gasteiger partial charge in [-0.25, -0.2) is 4.39 Å². The molecule has 110 valence electrons. The Balaban J connectivity index is 2.09. The minimum atomic E-state index is -0.565. The van der Waals surface area contributed by atoms with Crippen molar-refractivity contribution in [2.45, 2.75) is 20.0 Å². The minimum absolute atomic E-state index is 0.0374. The highest BCUT2D eigenvalue weighted by Gasteiger charge is 2.34. The maximum Gasteiger partial charge on any atom is 0.229 e. The molecule has 1 atom stereocenters. The molecule has 2 N–H and O–H groups in total. The molecule has 1 fully saturated rings. The molecule has 1 saturated heterocycles. The highest BCUT2D eigenvalue weighted by atomic mass is 19.1. The van der Waals surface area contributed by atoms with Crippen LogP contribution < -0.4 is 5.73 Å². The molecule has 1 unspecified atom stereocenters. The van der Waals surface area contributed by atoms with Crippen molar-refractivity contribution in [3.8, 4) is 0 Å². The summed E-state index contributed by atoms with van der Waals surface area (Å²) in [6.07, 6.45) is -0.207. The van der Waals surface area contributed by atoms with Crippen molar-refractivity contribution in [3.63, 3.8) is 0 Å². The van der Waals surface area contributed by atoms with E-state index in [0.29, 0.717) is 26.2 Å². The van der Waals surface area contributed by atoms with Gasteiger partial charge in [0.05, 0.1) is 18.6 Å². The van der Waals surface area contributed by atoms with Crippen molar-refractivity contribution >= 4 is 5.91 Å². The van der Waals surface area contributed by atoms with Crippen molar-refractivity contribution in [2.24, 2.45) is 11.1 Å². The van der Waals surface area contributed by atoms with Crippen LogP contribution in [0.25, 0.3) is 0 Å². The average Bonchev–Trinajstić information content (AvgIpc) is 2.47. The summed E-state index contributed by atoms with van der Waals surface area (Å²) in [6.45, 7) is 5.53. The molecule has 1 aliphatic heterocycles. The number of rotatable bonds is 3. The number of carbonyl (C=O) groups excluding carboxylic acids is 1. The van der Waals surface area contributed by atoms with Gasteiger partial charge in [-0.1, -0.05) is 12.1 Å². The van der Waals surface area contributed by atoms with Gasteiger partial charge in [0.2, 0.25) is 5.91 Å². The minimum Gasteiger partial charge on any atom is -0.370 e. The number of carbonyl (C=O) groups is 1. The van der Waals surface area contributed by atoms with Gasteiger partial charge in [-0.2, -0.15) is 0 Å². The molecule has 20 heavy (non-hydrogen) atoms. The number of ether oxygens (including phenoxy) is 1. The Bertz CT molecular complexity index is 473. The van der Waals surface area contributed by atoms with Gasteiger partial charge < -0.3 is 15.4 Å². The number of amides is 1. The third-order valence-electron chi connectivity index (χ3n) is 3.68. The van der Waals surface area contributed by atoms with E-state index in [1.807, 2.05) is 13.8 Å². The number of nitrogens with two attached hydrogens (primary N) is 1. The molecule has 0 radical (unpaired) electrons. The first-order chi connectivity index (χ1) is 9.44. The van der Waals surface area contributed by atoms with Gasteiger partial charge in [0.25, 0.3) is 0 Å². The molecule has 0 saturated carbocycles. The van der Waals surface area contributed by atoms with E-state index < -0.39 is 5.41 Å². The van der Waals surface area contributed by atoms with Gasteiger partial charge in [0.15, 0.2) is 0 Å². The van der Waals surface area contributed by atoms with Gasteiger partial charge in [-0.3, -0.25) is 4.79 Å². The highest BCUT2D eigenvalue weighted by Crippen LogP contribution is 2.26. The Morgan fingerprint density at radius 2 is 2.10 bits per heavy atom. The molecular weight excluding hydrogens is 259 g/mol. The first-order valence-corrected chi connectivity index (χ1v) is 6.80. The van der Waals surface area contributed by atoms with Crippen LogP contribution in [-0.2, 0) is 9.53 Å². The van der Waals surface area contributed by atoms with Crippen LogP contribution in [0, 0.1) is 11.2 Å². The summed E-state index contributed by atoms with van der Waals surface area (Å²) in [5, 5.41) is 0. The SMILES string of the molecule is CC(C)(CN)C(=O)N1CCOC(c2ccc(F)cc2)C1. The second kappa shape index (κ2) is 5.89. The zero-order valence-corrected chi connectivity index (χ0v) is 11.9. The lowest BCUT2D eigenvalue weighted by atomic mass is 9.91. The maximum atomic E-state index is 12.9. The first-order valence-electron chi connectivity index (χ1n) is 6.80. The quantitative estimate of drug-likeness (QED) is 0.917. The van der Waals surface area contributed by atoms with Crippen LogP contribution in [0.2, 0.25) is 0 Å². The summed E-state index contributed by atoms with van der Waals surface area (Å²) in [5.41, 5.74) is 5.97. The molecule has 2 rings (SSSR count). The smallest absolute Gasteiger partial charge is 0.229 e. The van der Waals surface area contributed by atoms with E-state index in [0.717, 1.165) is 5.56 Å². The summed E-state index contributed by atoms with van der Waals surface area (Å²) in [6, 6.07) is 6.21. The fourth-order valence-electron chi connectivity index (χ4n) is 2.23. The fourth-order valence-corrected chi connectivity index (χ4v) is 2.23. The van der Waals surface area contributed by atoms with Crippen LogP contribution in [0.5, 0.6) is 0 Å². The Labute approximate surface area is 118 Å². The van der Waals surface area contributed by atoms with Crippen LogP contribution in [0.15, 0.2) is 24.3 Å². The average molecular weight is 280 g/mol. The summed E-state index contributed by atoms with van der Waals surface area (Å²) < 4.78 is 18.6. The van der Waals surface area contributed by atoms with Gasteiger partial charge in [0, 0.05) is 13.1 Å². The Morgan fingerprint density at radius 3 is 2.70 bits per heavy atom. The molecule has 0 bridgehead atoms. The second-order valence-corrected chi connectivity index (χ2v) is 5.75. The summed E-state index contributed by atoms with van der Waals surface area (Å²) >= 11 is 0. The van der Waals surface area contributed by atoms with Crippen molar-refractivity contribution in [3.05, 3.63) is 35.6 Å². The molecular formula is C15H21FN2O2. The second-order valence-electron chi connectivity index (χ2n) is 5.75. The lowest BCUT2D eigenvalue weighted by Gasteiger charge is -2.37. The monoisotopic (exact) mass is 280 g/mol. The van der Waals surface area contributed by atoms with E-state index in [9.17, 15) is 9.18 Å². The lowest BCUT2D eigenvalue weighted by Crippen LogP contribution is -2.49. The molecule has 1 aliphatic rings. The molecule has 5 heteroatoms. The molecule has 0 aromatic heterocycles. The number of hydrogen-bond acceptors (Lipinski definition) is 3. The first kappa shape index (κ1) is 14.9. The van der Waals surface area contributed by atoms with Gasteiger partial charge in [0.1, 0.15) is 11.9 Å². The van der Waals surface area contributed by atoms with E-state index in [1.165, 1.54) is 12.1 Å².